The van der Waals surface area contributed by atoms with Crippen LogP contribution < -0.4 is 10.1 Å². The largest absolute Gasteiger partial charge is 0.497 e. The number of ether oxygens (including phenoxy) is 2. The normalized spacial score (nSPS) is 11.5. The maximum absolute atomic E-state index is 11.9. The van der Waals surface area contributed by atoms with E-state index >= 15 is 0 Å². The number of amides is 1. The number of carbonyl (C=O) groups is 1. The summed E-state index contributed by atoms with van der Waals surface area (Å²) in [5.41, 5.74) is 4.55. The van der Waals surface area contributed by atoms with Gasteiger partial charge < -0.3 is 14.8 Å². The Labute approximate surface area is 184 Å². The van der Waals surface area contributed by atoms with E-state index < -0.39 is 11.7 Å². The Morgan fingerprint density at radius 1 is 1.06 bits per heavy atom. The van der Waals surface area contributed by atoms with Gasteiger partial charge in [0.1, 0.15) is 11.4 Å². The van der Waals surface area contributed by atoms with Gasteiger partial charge in [0, 0.05) is 12.1 Å². The molecule has 0 bridgehead atoms. The van der Waals surface area contributed by atoms with Gasteiger partial charge in [0.2, 0.25) is 0 Å². The molecule has 1 heterocycles. The molecule has 0 saturated heterocycles. The highest BCUT2D eigenvalue weighted by Gasteiger charge is 2.16. The number of alkyl carbamates (subject to hydrolysis) is 1. The van der Waals surface area contributed by atoms with Crippen LogP contribution in [0.1, 0.15) is 51.8 Å². The van der Waals surface area contributed by atoms with Crippen LogP contribution in [0.25, 0.3) is 16.9 Å². The maximum atomic E-state index is 11.9. The van der Waals surface area contributed by atoms with Gasteiger partial charge in [0.15, 0.2) is 0 Å². The van der Waals surface area contributed by atoms with Crippen LogP contribution in [0.5, 0.6) is 5.75 Å². The van der Waals surface area contributed by atoms with E-state index in [-0.39, 0.29) is 0 Å². The van der Waals surface area contributed by atoms with E-state index in [1.807, 2.05) is 74.0 Å². The molecular formula is C25H31N3O3. The zero-order chi connectivity index (χ0) is 22.6. The zero-order valence-electron chi connectivity index (χ0n) is 19.1. The van der Waals surface area contributed by atoms with Gasteiger partial charge in [0.25, 0.3) is 0 Å². The Hall–Kier alpha value is -3.28. The second-order valence-electron chi connectivity index (χ2n) is 8.77. The molecule has 0 aliphatic rings. The van der Waals surface area contributed by atoms with Crippen LogP contribution >= 0.6 is 0 Å². The van der Waals surface area contributed by atoms with Gasteiger partial charge >= 0.3 is 6.09 Å². The van der Waals surface area contributed by atoms with Crippen molar-refractivity contribution in [3.63, 3.8) is 0 Å². The van der Waals surface area contributed by atoms with Gasteiger partial charge in [-0.25, -0.2) is 9.48 Å². The average Bonchev–Trinajstić information content (AvgIpc) is 3.17. The molecule has 1 amide bonds. The minimum absolute atomic E-state index is 0.315. The number of rotatable bonds is 6. The molecule has 1 N–H and O–H groups in total. The van der Waals surface area contributed by atoms with E-state index in [0.717, 1.165) is 34.0 Å². The molecule has 0 unspecified atom stereocenters. The lowest BCUT2D eigenvalue weighted by Gasteiger charge is -2.19. The van der Waals surface area contributed by atoms with Gasteiger partial charge in [0.05, 0.1) is 24.2 Å². The molecule has 164 valence electrons. The summed E-state index contributed by atoms with van der Waals surface area (Å²) in [7, 11) is 1.66. The molecule has 3 rings (SSSR count). The van der Waals surface area contributed by atoms with Crippen molar-refractivity contribution in [2.24, 2.45) is 0 Å². The Balaban J connectivity index is 1.82. The molecule has 2 aromatic carbocycles. The highest BCUT2D eigenvalue weighted by atomic mass is 16.6. The summed E-state index contributed by atoms with van der Waals surface area (Å²) >= 11 is 0. The summed E-state index contributed by atoms with van der Waals surface area (Å²) in [4.78, 5) is 11.9. The van der Waals surface area contributed by atoms with Crippen molar-refractivity contribution >= 4 is 6.09 Å². The van der Waals surface area contributed by atoms with Crippen molar-refractivity contribution in [2.45, 2.75) is 52.7 Å². The Bertz CT molecular complexity index is 1010. The molecule has 3 aromatic rings. The van der Waals surface area contributed by atoms with E-state index in [1.165, 1.54) is 0 Å². The number of methoxy groups -OCH3 is 1. The Morgan fingerprint density at radius 2 is 1.71 bits per heavy atom. The molecule has 0 saturated carbocycles. The molecule has 0 fully saturated rings. The highest BCUT2D eigenvalue weighted by molar-refractivity contribution is 5.68. The van der Waals surface area contributed by atoms with E-state index in [2.05, 4.69) is 25.2 Å². The fourth-order valence-electron chi connectivity index (χ4n) is 3.09. The molecule has 0 spiro atoms. The highest BCUT2D eigenvalue weighted by Crippen LogP contribution is 2.28. The second-order valence-corrected chi connectivity index (χ2v) is 8.77. The molecular weight excluding hydrogens is 390 g/mol. The topological polar surface area (TPSA) is 65.4 Å². The Kier molecular flexibility index (Phi) is 6.68. The van der Waals surface area contributed by atoms with Crippen molar-refractivity contribution in [1.82, 2.24) is 15.1 Å². The maximum Gasteiger partial charge on any atom is 0.407 e. The lowest BCUT2D eigenvalue weighted by Crippen LogP contribution is -2.32. The van der Waals surface area contributed by atoms with Crippen LogP contribution in [0.15, 0.2) is 54.6 Å². The van der Waals surface area contributed by atoms with Crippen LogP contribution in [0, 0.1) is 0 Å². The number of benzene rings is 2. The number of nitrogens with zero attached hydrogens (tertiary/aromatic N) is 2. The number of nitrogens with one attached hydrogen (secondary N) is 1. The third-order valence-electron chi connectivity index (χ3n) is 4.72. The molecule has 0 aliphatic heterocycles. The van der Waals surface area contributed by atoms with Crippen LogP contribution in [0.4, 0.5) is 4.79 Å². The van der Waals surface area contributed by atoms with Crippen molar-refractivity contribution in [2.75, 3.05) is 7.11 Å². The lowest BCUT2D eigenvalue weighted by atomic mass is 10.1. The fraction of sp³-hybridized carbons (Fsp3) is 0.360. The van der Waals surface area contributed by atoms with Crippen LogP contribution in [0.3, 0.4) is 0 Å². The summed E-state index contributed by atoms with van der Waals surface area (Å²) in [6.07, 6.45) is -0.421. The van der Waals surface area contributed by atoms with Crippen molar-refractivity contribution in [3.05, 3.63) is 65.9 Å². The third kappa shape index (κ3) is 5.87. The van der Waals surface area contributed by atoms with Gasteiger partial charge in [-0.1, -0.05) is 38.1 Å². The van der Waals surface area contributed by atoms with Gasteiger partial charge in [-0.15, -0.1) is 0 Å². The Morgan fingerprint density at radius 3 is 2.26 bits per heavy atom. The van der Waals surface area contributed by atoms with Crippen molar-refractivity contribution in [1.29, 1.82) is 0 Å². The summed E-state index contributed by atoms with van der Waals surface area (Å²) in [6.45, 7) is 10.2. The minimum Gasteiger partial charge on any atom is -0.497 e. The number of carbonyl (C=O) groups excluding carboxylic acids is 1. The van der Waals surface area contributed by atoms with E-state index in [0.29, 0.717) is 12.5 Å². The standard InChI is InChI=1S/C25H31N3O3/c1-17(2)22-15-23(28(27-22)20-11-13-21(30-6)14-12-20)19-9-7-18(8-10-19)16-26-24(29)31-25(3,4)5/h7-15,17H,16H2,1-6H3,(H,26,29). The van der Waals surface area contributed by atoms with Crippen LogP contribution in [-0.4, -0.2) is 28.6 Å². The monoisotopic (exact) mass is 421 g/mol. The zero-order valence-corrected chi connectivity index (χ0v) is 19.1. The quantitative estimate of drug-likeness (QED) is 0.555. The van der Waals surface area contributed by atoms with Gasteiger partial charge in [-0.05, 0) is 62.6 Å². The summed E-state index contributed by atoms with van der Waals surface area (Å²) in [5, 5.41) is 7.62. The summed E-state index contributed by atoms with van der Waals surface area (Å²) in [6, 6.07) is 18.1. The van der Waals surface area contributed by atoms with Crippen molar-refractivity contribution < 1.29 is 14.3 Å². The van der Waals surface area contributed by atoms with Crippen molar-refractivity contribution in [3.8, 4) is 22.7 Å². The molecule has 6 heteroatoms. The second kappa shape index (κ2) is 9.25. The van der Waals surface area contributed by atoms with E-state index in [4.69, 9.17) is 14.6 Å². The van der Waals surface area contributed by atoms with E-state index in [1.54, 1.807) is 7.11 Å². The number of aromatic nitrogens is 2. The molecule has 31 heavy (non-hydrogen) atoms. The summed E-state index contributed by atoms with van der Waals surface area (Å²) < 4.78 is 12.5. The van der Waals surface area contributed by atoms with Crippen LogP contribution in [-0.2, 0) is 11.3 Å². The van der Waals surface area contributed by atoms with Gasteiger partial charge in [-0.3, -0.25) is 0 Å². The molecule has 1 aromatic heterocycles. The first-order valence-corrected chi connectivity index (χ1v) is 10.5. The smallest absolute Gasteiger partial charge is 0.407 e. The fourth-order valence-corrected chi connectivity index (χ4v) is 3.09. The predicted octanol–water partition coefficient (Wildman–Crippen LogP) is 5.70. The average molecular weight is 422 g/mol. The minimum atomic E-state index is -0.512. The molecule has 0 radical (unpaired) electrons. The lowest BCUT2D eigenvalue weighted by molar-refractivity contribution is 0.0523. The molecule has 6 nitrogen and oxygen atoms in total. The molecule has 0 aliphatic carbocycles. The number of hydrogen-bond acceptors (Lipinski definition) is 4. The molecule has 0 atom stereocenters. The third-order valence-corrected chi connectivity index (χ3v) is 4.72. The predicted molar refractivity (Wildman–Crippen MR) is 123 cm³/mol. The number of hydrogen-bond donors (Lipinski definition) is 1. The SMILES string of the molecule is COc1ccc(-n2nc(C(C)C)cc2-c2ccc(CNC(=O)OC(C)(C)C)cc2)cc1. The summed E-state index contributed by atoms with van der Waals surface area (Å²) in [5.74, 6) is 1.12. The van der Waals surface area contributed by atoms with Gasteiger partial charge in [-0.2, -0.15) is 5.10 Å². The van der Waals surface area contributed by atoms with E-state index in [9.17, 15) is 4.79 Å². The van der Waals surface area contributed by atoms with Crippen LogP contribution in [0.2, 0.25) is 0 Å². The first-order valence-electron chi connectivity index (χ1n) is 10.5. The first kappa shape index (κ1) is 22.4. The first-order chi connectivity index (χ1) is 14.7.